The zero-order valence-corrected chi connectivity index (χ0v) is 10.8. The lowest BCUT2D eigenvalue weighted by molar-refractivity contribution is -0.139. The van der Waals surface area contributed by atoms with Crippen molar-refractivity contribution in [2.45, 2.75) is 13.3 Å². The van der Waals surface area contributed by atoms with Crippen molar-refractivity contribution in [3.8, 4) is 0 Å². The van der Waals surface area contributed by atoms with Crippen molar-refractivity contribution in [3.05, 3.63) is 24.3 Å². The summed E-state index contributed by atoms with van der Waals surface area (Å²) < 4.78 is 0. The monoisotopic (exact) mass is 266 g/mol. The quantitative estimate of drug-likeness (QED) is 0.638. The highest BCUT2D eigenvalue weighted by atomic mass is 16.4. The van der Waals surface area contributed by atoms with Gasteiger partial charge < -0.3 is 20.4 Å². The van der Waals surface area contributed by atoms with E-state index in [1.54, 1.807) is 12.1 Å². The highest BCUT2D eigenvalue weighted by Gasteiger charge is 2.08. The smallest absolute Gasteiger partial charge is 0.312 e. The van der Waals surface area contributed by atoms with Gasteiger partial charge in [0.15, 0.2) is 0 Å². The molecule has 1 rings (SSSR count). The molecule has 104 valence electrons. The number of hydrogen-bond donors (Lipinski definition) is 3. The van der Waals surface area contributed by atoms with Crippen molar-refractivity contribution < 1.29 is 19.8 Å². The van der Waals surface area contributed by atoms with Crippen LogP contribution in [0.15, 0.2) is 24.3 Å². The van der Waals surface area contributed by atoms with Crippen LogP contribution in [-0.2, 0) is 9.59 Å². The molecule has 1 amide bonds. The summed E-state index contributed by atoms with van der Waals surface area (Å²) in [6, 6.07) is 7.04. The maximum atomic E-state index is 11.3. The number of aliphatic hydroxyl groups is 1. The molecular weight excluding hydrogens is 248 g/mol. The molecule has 0 aromatic heterocycles. The predicted octanol–water partition coefficient (Wildman–Crippen LogP) is 0.918. The van der Waals surface area contributed by atoms with E-state index in [1.165, 1.54) is 0 Å². The zero-order valence-electron chi connectivity index (χ0n) is 10.8. The number of hydrogen-bond acceptors (Lipinski definition) is 4. The van der Waals surface area contributed by atoms with Crippen LogP contribution in [0.5, 0.6) is 0 Å². The average molecular weight is 266 g/mol. The van der Waals surface area contributed by atoms with Crippen molar-refractivity contribution in [2.75, 3.05) is 29.9 Å². The molecule has 0 aliphatic carbocycles. The molecule has 6 nitrogen and oxygen atoms in total. The van der Waals surface area contributed by atoms with E-state index >= 15 is 0 Å². The van der Waals surface area contributed by atoms with E-state index in [0.717, 1.165) is 12.2 Å². The fraction of sp³-hybridized carbons (Fsp3) is 0.385. The molecule has 0 bridgehead atoms. The lowest BCUT2D eigenvalue weighted by Crippen LogP contribution is -2.26. The normalized spacial score (nSPS) is 10.0. The van der Waals surface area contributed by atoms with E-state index in [2.05, 4.69) is 5.32 Å². The zero-order chi connectivity index (χ0) is 14.3. The molecule has 0 atom stereocenters. The minimum absolute atomic E-state index is 0.0743. The second-order valence-electron chi connectivity index (χ2n) is 3.97. The van der Waals surface area contributed by atoms with Crippen LogP contribution in [0.3, 0.4) is 0 Å². The van der Waals surface area contributed by atoms with Gasteiger partial charge in [-0.3, -0.25) is 9.59 Å². The number of likely N-dealkylation sites (N-methyl/N-ethyl adjacent to an activating group) is 1. The summed E-state index contributed by atoms with van der Waals surface area (Å²) in [5.41, 5.74) is 1.49. The molecule has 0 saturated heterocycles. The minimum atomic E-state index is -1.16. The summed E-state index contributed by atoms with van der Waals surface area (Å²) in [6.07, 6.45) is -0.548. The molecule has 1 aromatic rings. The van der Waals surface area contributed by atoms with Gasteiger partial charge in [-0.25, -0.2) is 0 Å². The third kappa shape index (κ3) is 4.97. The second kappa shape index (κ2) is 7.38. The molecule has 1 aromatic carbocycles. The number of anilines is 2. The van der Waals surface area contributed by atoms with E-state index in [4.69, 9.17) is 10.2 Å². The number of benzene rings is 1. The second-order valence-corrected chi connectivity index (χ2v) is 3.97. The summed E-state index contributed by atoms with van der Waals surface area (Å²) in [7, 11) is 0. The molecule has 0 aliphatic rings. The third-order valence-corrected chi connectivity index (χ3v) is 2.58. The first-order valence-corrected chi connectivity index (χ1v) is 6.04. The van der Waals surface area contributed by atoms with Gasteiger partial charge in [0, 0.05) is 24.5 Å². The summed E-state index contributed by atoms with van der Waals surface area (Å²) in [4.78, 5) is 23.6. The highest BCUT2D eigenvalue weighted by molar-refractivity contribution is 6.01. The van der Waals surface area contributed by atoms with Crippen LogP contribution in [0.25, 0.3) is 0 Å². The molecule has 3 N–H and O–H groups in total. The largest absolute Gasteiger partial charge is 0.481 e. The molecule has 0 radical (unpaired) electrons. The van der Waals surface area contributed by atoms with Crippen LogP contribution in [0.4, 0.5) is 11.4 Å². The van der Waals surface area contributed by atoms with Crippen LogP contribution in [0.1, 0.15) is 13.3 Å². The molecule has 0 spiro atoms. The van der Waals surface area contributed by atoms with Gasteiger partial charge in [0.2, 0.25) is 5.91 Å². The van der Waals surface area contributed by atoms with Crippen LogP contribution in [0.2, 0.25) is 0 Å². The van der Waals surface area contributed by atoms with Crippen LogP contribution in [0, 0.1) is 0 Å². The van der Waals surface area contributed by atoms with Gasteiger partial charge in [-0.15, -0.1) is 0 Å². The van der Waals surface area contributed by atoms with Crippen molar-refractivity contribution in [1.82, 2.24) is 0 Å². The van der Waals surface area contributed by atoms with E-state index < -0.39 is 18.3 Å². The van der Waals surface area contributed by atoms with E-state index in [-0.39, 0.29) is 6.61 Å². The Labute approximate surface area is 111 Å². The summed E-state index contributed by atoms with van der Waals surface area (Å²) in [5, 5.41) is 19.9. The molecular formula is C13H18N2O4. The average Bonchev–Trinajstić information content (AvgIpc) is 2.36. The Hall–Kier alpha value is -2.08. The fourth-order valence-electron chi connectivity index (χ4n) is 1.69. The van der Waals surface area contributed by atoms with Crippen LogP contribution >= 0.6 is 0 Å². The van der Waals surface area contributed by atoms with E-state index in [1.807, 2.05) is 24.0 Å². The first-order chi connectivity index (χ1) is 9.06. The topological polar surface area (TPSA) is 89.9 Å². The van der Waals surface area contributed by atoms with Gasteiger partial charge in [-0.2, -0.15) is 0 Å². The van der Waals surface area contributed by atoms with Gasteiger partial charge in [0.05, 0.1) is 6.61 Å². The Kier molecular flexibility index (Phi) is 5.81. The molecule has 19 heavy (non-hydrogen) atoms. The lowest BCUT2D eigenvalue weighted by atomic mass is 10.2. The number of nitrogens with one attached hydrogen (secondary N) is 1. The molecule has 6 heteroatoms. The number of rotatable bonds is 7. The van der Waals surface area contributed by atoms with Crippen molar-refractivity contribution in [1.29, 1.82) is 0 Å². The third-order valence-electron chi connectivity index (χ3n) is 2.58. The Morgan fingerprint density at radius 1 is 1.26 bits per heavy atom. The molecule has 0 heterocycles. The van der Waals surface area contributed by atoms with Crippen LogP contribution in [-0.4, -0.2) is 41.8 Å². The van der Waals surface area contributed by atoms with Crippen molar-refractivity contribution in [3.63, 3.8) is 0 Å². The van der Waals surface area contributed by atoms with Crippen molar-refractivity contribution >= 4 is 23.3 Å². The Morgan fingerprint density at radius 3 is 2.37 bits per heavy atom. The summed E-state index contributed by atoms with van der Waals surface area (Å²) >= 11 is 0. The Morgan fingerprint density at radius 2 is 1.89 bits per heavy atom. The number of carbonyl (C=O) groups is 2. The number of carbonyl (C=O) groups excluding carboxylic acids is 1. The molecule has 0 unspecified atom stereocenters. The number of nitrogens with zero attached hydrogens (tertiary/aromatic N) is 1. The van der Waals surface area contributed by atoms with Gasteiger partial charge in [-0.1, -0.05) is 0 Å². The predicted molar refractivity (Wildman–Crippen MR) is 72.3 cm³/mol. The van der Waals surface area contributed by atoms with Gasteiger partial charge in [-0.05, 0) is 31.2 Å². The summed E-state index contributed by atoms with van der Waals surface area (Å²) in [6.45, 7) is 3.37. The van der Waals surface area contributed by atoms with Gasteiger partial charge >= 0.3 is 5.97 Å². The highest BCUT2D eigenvalue weighted by Crippen LogP contribution is 2.17. The maximum absolute atomic E-state index is 11.3. The number of aliphatic carboxylic acids is 1. The Balaban J connectivity index is 2.65. The lowest BCUT2D eigenvalue weighted by Gasteiger charge is -2.22. The summed E-state index contributed by atoms with van der Waals surface area (Å²) in [5.74, 6) is -1.71. The van der Waals surface area contributed by atoms with Crippen LogP contribution < -0.4 is 10.2 Å². The SMILES string of the molecule is CCN(CCO)c1ccc(NC(=O)CC(=O)O)cc1. The minimum Gasteiger partial charge on any atom is -0.481 e. The first kappa shape index (κ1) is 15.0. The van der Waals surface area contributed by atoms with E-state index in [0.29, 0.717) is 12.2 Å². The standard InChI is InChI=1S/C13H18N2O4/c1-2-15(7-8-16)11-5-3-10(4-6-11)14-12(17)9-13(18)19/h3-6,16H,2,7-9H2,1H3,(H,14,17)(H,18,19). The first-order valence-electron chi connectivity index (χ1n) is 6.04. The number of aliphatic hydroxyl groups excluding tert-OH is 1. The molecule has 0 fully saturated rings. The fourth-order valence-corrected chi connectivity index (χ4v) is 1.69. The number of amides is 1. The number of carboxylic acid groups (broad SMARTS) is 1. The molecule has 0 aliphatic heterocycles. The maximum Gasteiger partial charge on any atom is 0.312 e. The van der Waals surface area contributed by atoms with E-state index in [9.17, 15) is 9.59 Å². The van der Waals surface area contributed by atoms with Gasteiger partial charge in [0.25, 0.3) is 0 Å². The van der Waals surface area contributed by atoms with Crippen molar-refractivity contribution in [2.24, 2.45) is 0 Å². The molecule has 0 saturated carbocycles. The Bertz CT molecular complexity index is 431. The van der Waals surface area contributed by atoms with Gasteiger partial charge in [0.1, 0.15) is 6.42 Å². The number of carboxylic acids is 1.